The van der Waals surface area contributed by atoms with E-state index in [4.69, 9.17) is 21.1 Å². The van der Waals surface area contributed by atoms with Gasteiger partial charge in [-0.25, -0.2) is 4.98 Å². The molecule has 0 aromatic carbocycles. The average Bonchev–Trinajstić information content (AvgIpc) is 2.11. The van der Waals surface area contributed by atoms with Crippen molar-refractivity contribution in [2.24, 2.45) is 0 Å². The summed E-state index contributed by atoms with van der Waals surface area (Å²) in [4.78, 5) is 3.93. The number of halogens is 2. The van der Waals surface area contributed by atoms with Crippen LogP contribution in [0, 0.1) is 0 Å². The van der Waals surface area contributed by atoms with Crippen LogP contribution in [0.3, 0.4) is 0 Å². The van der Waals surface area contributed by atoms with Gasteiger partial charge in [-0.2, -0.15) is 0 Å². The molecule has 0 unspecified atom stereocenters. The van der Waals surface area contributed by atoms with Gasteiger partial charge in [-0.15, -0.1) is 0 Å². The first-order chi connectivity index (χ1) is 6.20. The second kappa shape index (κ2) is 4.91. The fourth-order valence-electron chi connectivity index (χ4n) is 0.968. The maximum Gasteiger partial charge on any atom is 0.187 e. The number of nitrogens with zero attached hydrogens (tertiary/aromatic N) is 1. The number of methoxy groups -OCH3 is 2. The smallest absolute Gasteiger partial charge is 0.187 e. The molecular formula is C8H9BrClNO2. The van der Waals surface area contributed by atoms with Crippen LogP contribution in [0.5, 0.6) is 0 Å². The highest BCUT2D eigenvalue weighted by atomic mass is 79.9. The van der Waals surface area contributed by atoms with Crippen LogP contribution < -0.4 is 0 Å². The Morgan fingerprint density at radius 2 is 2.08 bits per heavy atom. The molecule has 1 aromatic heterocycles. The van der Waals surface area contributed by atoms with Crippen molar-refractivity contribution >= 4 is 27.5 Å². The van der Waals surface area contributed by atoms with Gasteiger partial charge in [-0.05, 0) is 6.07 Å². The summed E-state index contributed by atoms with van der Waals surface area (Å²) in [5, 5.41) is 0.378. The molecule has 1 rings (SSSR count). The van der Waals surface area contributed by atoms with Crippen molar-refractivity contribution in [2.75, 3.05) is 14.2 Å². The Balaban J connectivity index is 3.10. The highest BCUT2D eigenvalue weighted by Crippen LogP contribution is 2.30. The third-order valence-electron chi connectivity index (χ3n) is 1.55. The lowest BCUT2D eigenvalue weighted by atomic mass is 10.3. The van der Waals surface area contributed by atoms with E-state index in [0.717, 1.165) is 4.47 Å². The number of hydrogen-bond donors (Lipinski definition) is 0. The summed E-state index contributed by atoms with van der Waals surface area (Å²) in [7, 11) is 3.09. The van der Waals surface area contributed by atoms with Crippen molar-refractivity contribution in [3.63, 3.8) is 0 Å². The standard InChI is InChI=1S/C8H9BrClNO2/c1-12-8(13-2)6-5(9)3-4-11-7(6)10/h3-4,8H,1-2H3. The lowest BCUT2D eigenvalue weighted by Crippen LogP contribution is -2.06. The molecule has 0 radical (unpaired) electrons. The van der Waals surface area contributed by atoms with Crippen LogP contribution in [0.2, 0.25) is 5.15 Å². The van der Waals surface area contributed by atoms with Gasteiger partial charge in [0.15, 0.2) is 6.29 Å². The van der Waals surface area contributed by atoms with Crippen molar-refractivity contribution < 1.29 is 9.47 Å². The third-order valence-corrected chi connectivity index (χ3v) is 2.54. The number of pyridine rings is 1. The average molecular weight is 267 g/mol. The second-order valence-corrected chi connectivity index (χ2v) is 3.51. The topological polar surface area (TPSA) is 31.4 Å². The van der Waals surface area contributed by atoms with E-state index < -0.39 is 6.29 Å². The summed E-state index contributed by atoms with van der Waals surface area (Å²) in [5.41, 5.74) is 0.703. The highest BCUT2D eigenvalue weighted by molar-refractivity contribution is 9.10. The minimum absolute atomic E-state index is 0.378. The molecule has 1 aromatic rings. The van der Waals surface area contributed by atoms with Crippen molar-refractivity contribution in [1.29, 1.82) is 0 Å². The number of ether oxygens (including phenoxy) is 2. The van der Waals surface area contributed by atoms with Gasteiger partial charge in [0, 0.05) is 24.9 Å². The Hall–Kier alpha value is -0.160. The largest absolute Gasteiger partial charge is 0.352 e. The maximum absolute atomic E-state index is 5.88. The van der Waals surface area contributed by atoms with Crippen LogP contribution in [0.4, 0.5) is 0 Å². The van der Waals surface area contributed by atoms with Gasteiger partial charge in [-0.3, -0.25) is 0 Å². The monoisotopic (exact) mass is 265 g/mol. The molecule has 0 aliphatic rings. The molecule has 0 saturated heterocycles. The molecule has 0 aliphatic carbocycles. The first-order valence-corrected chi connectivity index (χ1v) is 4.73. The van der Waals surface area contributed by atoms with E-state index in [0.29, 0.717) is 10.7 Å². The van der Waals surface area contributed by atoms with Crippen LogP contribution in [-0.4, -0.2) is 19.2 Å². The first-order valence-electron chi connectivity index (χ1n) is 3.56. The summed E-state index contributed by atoms with van der Waals surface area (Å²) in [6.45, 7) is 0. The first kappa shape index (κ1) is 10.9. The Morgan fingerprint density at radius 3 is 2.54 bits per heavy atom. The summed E-state index contributed by atoms with van der Waals surface area (Å²) in [6, 6.07) is 1.78. The molecule has 0 atom stereocenters. The molecule has 0 spiro atoms. The van der Waals surface area contributed by atoms with Crippen LogP contribution in [0.15, 0.2) is 16.7 Å². The summed E-state index contributed by atoms with van der Waals surface area (Å²) >= 11 is 9.23. The zero-order valence-electron chi connectivity index (χ0n) is 7.25. The Kier molecular flexibility index (Phi) is 4.12. The maximum atomic E-state index is 5.88. The van der Waals surface area contributed by atoms with Crippen LogP contribution in [0.1, 0.15) is 11.9 Å². The molecule has 0 amide bonds. The summed E-state index contributed by atoms with van der Waals surface area (Å²) < 4.78 is 11.0. The Bertz CT molecular complexity index is 271. The molecule has 72 valence electrons. The quantitative estimate of drug-likeness (QED) is 0.623. The lowest BCUT2D eigenvalue weighted by Gasteiger charge is -2.15. The molecule has 0 fully saturated rings. The SMILES string of the molecule is COC(OC)c1c(Br)ccnc1Cl. The number of rotatable bonds is 3. The van der Waals surface area contributed by atoms with Gasteiger partial charge in [0.25, 0.3) is 0 Å². The minimum atomic E-state index is -0.490. The summed E-state index contributed by atoms with van der Waals surface area (Å²) in [6.07, 6.45) is 1.12. The van der Waals surface area contributed by atoms with Gasteiger partial charge in [0.2, 0.25) is 0 Å². The molecule has 5 heteroatoms. The number of hydrogen-bond acceptors (Lipinski definition) is 3. The van der Waals surface area contributed by atoms with Crippen molar-refractivity contribution in [3.05, 3.63) is 27.5 Å². The van der Waals surface area contributed by atoms with Crippen LogP contribution in [-0.2, 0) is 9.47 Å². The van der Waals surface area contributed by atoms with E-state index in [-0.39, 0.29) is 0 Å². The Labute approximate surface area is 90.1 Å². The van der Waals surface area contributed by atoms with Gasteiger partial charge in [0.05, 0.1) is 5.56 Å². The van der Waals surface area contributed by atoms with Crippen LogP contribution >= 0.6 is 27.5 Å². The molecule has 0 saturated carbocycles. The van der Waals surface area contributed by atoms with Gasteiger partial charge >= 0.3 is 0 Å². The van der Waals surface area contributed by atoms with E-state index in [1.807, 2.05) is 0 Å². The van der Waals surface area contributed by atoms with Crippen molar-refractivity contribution in [1.82, 2.24) is 4.98 Å². The molecular weight excluding hydrogens is 257 g/mol. The third kappa shape index (κ3) is 2.40. The predicted molar refractivity (Wildman–Crippen MR) is 53.7 cm³/mol. The van der Waals surface area contributed by atoms with E-state index in [1.54, 1.807) is 26.5 Å². The minimum Gasteiger partial charge on any atom is -0.352 e. The summed E-state index contributed by atoms with van der Waals surface area (Å²) in [5.74, 6) is 0. The van der Waals surface area contributed by atoms with E-state index in [9.17, 15) is 0 Å². The molecule has 1 heterocycles. The zero-order valence-corrected chi connectivity index (χ0v) is 9.59. The zero-order chi connectivity index (χ0) is 9.84. The predicted octanol–water partition coefficient (Wildman–Crippen LogP) is 2.79. The molecule has 0 aliphatic heterocycles. The fourth-order valence-corrected chi connectivity index (χ4v) is 1.82. The highest BCUT2D eigenvalue weighted by Gasteiger charge is 2.17. The normalized spacial score (nSPS) is 10.8. The van der Waals surface area contributed by atoms with Crippen molar-refractivity contribution in [2.45, 2.75) is 6.29 Å². The van der Waals surface area contributed by atoms with E-state index >= 15 is 0 Å². The lowest BCUT2D eigenvalue weighted by molar-refractivity contribution is -0.106. The molecule has 0 N–H and O–H groups in total. The molecule has 13 heavy (non-hydrogen) atoms. The van der Waals surface area contributed by atoms with E-state index in [1.165, 1.54) is 0 Å². The Morgan fingerprint density at radius 1 is 1.46 bits per heavy atom. The molecule has 3 nitrogen and oxygen atoms in total. The molecule has 0 bridgehead atoms. The van der Waals surface area contributed by atoms with Crippen molar-refractivity contribution in [3.8, 4) is 0 Å². The number of aromatic nitrogens is 1. The van der Waals surface area contributed by atoms with Gasteiger partial charge in [0.1, 0.15) is 5.15 Å². The van der Waals surface area contributed by atoms with Gasteiger partial charge in [-0.1, -0.05) is 27.5 Å². The second-order valence-electron chi connectivity index (χ2n) is 2.30. The van der Waals surface area contributed by atoms with Crippen LogP contribution in [0.25, 0.3) is 0 Å². The van der Waals surface area contributed by atoms with Gasteiger partial charge < -0.3 is 9.47 Å². The van der Waals surface area contributed by atoms with E-state index in [2.05, 4.69) is 20.9 Å². The fraction of sp³-hybridized carbons (Fsp3) is 0.375.